The molecule has 0 unspecified atom stereocenters. The van der Waals surface area contributed by atoms with Crippen LogP contribution in [0.25, 0.3) is 0 Å². The Kier molecular flexibility index (Phi) is 8.71. The van der Waals surface area contributed by atoms with Crippen molar-refractivity contribution in [3.63, 3.8) is 0 Å². The lowest BCUT2D eigenvalue weighted by Crippen LogP contribution is -2.53. The largest absolute Gasteiger partial charge is 0.450 e. The van der Waals surface area contributed by atoms with Crippen LogP contribution < -0.4 is 0 Å². The van der Waals surface area contributed by atoms with Gasteiger partial charge in [-0.3, -0.25) is 4.79 Å². The summed E-state index contributed by atoms with van der Waals surface area (Å²) in [4.78, 5) is 28.1. The van der Waals surface area contributed by atoms with Crippen LogP contribution in [0.15, 0.2) is 59.5 Å². The van der Waals surface area contributed by atoms with Gasteiger partial charge < -0.3 is 14.5 Å². The van der Waals surface area contributed by atoms with E-state index in [2.05, 4.69) is 0 Å². The van der Waals surface area contributed by atoms with Crippen LogP contribution in [0, 0.1) is 0 Å². The summed E-state index contributed by atoms with van der Waals surface area (Å²) in [6.45, 7) is 3.24. The molecule has 0 N–H and O–H groups in total. The number of benzene rings is 2. The van der Waals surface area contributed by atoms with Gasteiger partial charge in [-0.1, -0.05) is 41.9 Å². The van der Waals surface area contributed by atoms with Crippen molar-refractivity contribution >= 4 is 33.6 Å². The third kappa shape index (κ3) is 6.69. The molecule has 8 nitrogen and oxygen atoms in total. The lowest BCUT2D eigenvalue weighted by atomic mass is 10.1. The predicted octanol–water partition coefficient (Wildman–Crippen LogP) is 2.87. The Morgan fingerprint density at radius 3 is 2.18 bits per heavy atom. The number of rotatable bonds is 8. The van der Waals surface area contributed by atoms with Gasteiger partial charge in [0.1, 0.15) is 0 Å². The molecule has 0 aromatic heterocycles. The molecule has 0 saturated carbocycles. The van der Waals surface area contributed by atoms with Crippen molar-refractivity contribution in [1.29, 1.82) is 0 Å². The molecule has 1 fully saturated rings. The summed E-state index contributed by atoms with van der Waals surface area (Å²) in [6, 6.07) is 15.4. The van der Waals surface area contributed by atoms with E-state index in [1.54, 1.807) is 16.7 Å². The van der Waals surface area contributed by atoms with Crippen molar-refractivity contribution in [3.05, 3.63) is 65.2 Å². The van der Waals surface area contributed by atoms with Gasteiger partial charge in [0.15, 0.2) is 0 Å². The van der Waals surface area contributed by atoms with Crippen LogP contribution in [-0.4, -0.2) is 80.4 Å². The first-order valence-electron chi connectivity index (χ1n) is 10.8. The van der Waals surface area contributed by atoms with Crippen LogP contribution in [0.4, 0.5) is 4.79 Å². The van der Waals surface area contributed by atoms with Crippen molar-refractivity contribution in [2.45, 2.75) is 18.2 Å². The second-order valence-electron chi connectivity index (χ2n) is 7.59. The number of piperazine rings is 1. The average molecular weight is 494 g/mol. The molecule has 178 valence electrons. The molecule has 1 heterocycles. The van der Waals surface area contributed by atoms with E-state index < -0.39 is 16.1 Å². The Morgan fingerprint density at radius 2 is 1.58 bits per heavy atom. The van der Waals surface area contributed by atoms with Crippen molar-refractivity contribution in [2.24, 2.45) is 0 Å². The highest BCUT2D eigenvalue weighted by atomic mass is 35.5. The fourth-order valence-corrected chi connectivity index (χ4v) is 5.06. The third-order valence-electron chi connectivity index (χ3n) is 5.41. The molecule has 33 heavy (non-hydrogen) atoms. The number of hydrogen-bond donors (Lipinski definition) is 0. The normalized spacial score (nSPS) is 14.4. The average Bonchev–Trinajstić information content (AvgIpc) is 2.82. The number of halogens is 1. The van der Waals surface area contributed by atoms with Gasteiger partial charge in [0.25, 0.3) is 0 Å². The van der Waals surface area contributed by atoms with Gasteiger partial charge in [-0.2, -0.15) is 4.31 Å². The SMILES string of the molecule is CCOC(=O)N1CCN(C(=O)CN(CCc2ccccc2)S(=O)(=O)c2ccc(Cl)cc2)CC1. The summed E-state index contributed by atoms with van der Waals surface area (Å²) in [5, 5.41) is 0.431. The minimum absolute atomic E-state index is 0.0832. The molecule has 2 aromatic carbocycles. The standard InChI is InChI=1S/C23H28ClN3O5S/c1-2-32-23(29)26-16-14-25(15-17-26)22(28)18-27(13-12-19-6-4-3-5-7-19)33(30,31)21-10-8-20(24)9-11-21/h3-11H,2,12-18H2,1H3. The van der Waals surface area contributed by atoms with Gasteiger partial charge >= 0.3 is 6.09 Å². The van der Waals surface area contributed by atoms with Crippen LogP contribution in [0.1, 0.15) is 12.5 Å². The van der Waals surface area contributed by atoms with Crippen molar-refractivity contribution in [3.8, 4) is 0 Å². The number of amides is 2. The topological polar surface area (TPSA) is 87.2 Å². The van der Waals surface area contributed by atoms with E-state index in [0.717, 1.165) is 5.56 Å². The predicted molar refractivity (Wildman–Crippen MR) is 126 cm³/mol. The van der Waals surface area contributed by atoms with Crippen LogP contribution in [0.5, 0.6) is 0 Å². The molecule has 0 bridgehead atoms. The maximum absolute atomic E-state index is 13.3. The molecule has 2 amide bonds. The van der Waals surface area contributed by atoms with Crippen molar-refractivity contribution in [1.82, 2.24) is 14.1 Å². The van der Waals surface area contributed by atoms with Gasteiger partial charge in [0.2, 0.25) is 15.9 Å². The van der Waals surface area contributed by atoms with Gasteiger partial charge in [-0.15, -0.1) is 0 Å². The lowest BCUT2D eigenvalue weighted by molar-refractivity contribution is -0.133. The van der Waals surface area contributed by atoms with Gasteiger partial charge in [-0.05, 0) is 43.2 Å². The number of carbonyl (C=O) groups excluding carboxylic acids is 2. The maximum Gasteiger partial charge on any atom is 0.409 e. The molecule has 0 aliphatic carbocycles. The summed E-state index contributed by atoms with van der Waals surface area (Å²) < 4.78 is 32.9. The smallest absolute Gasteiger partial charge is 0.409 e. The first kappa shape index (κ1) is 25.0. The molecule has 1 saturated heterocycles. The third-order valence-corrected chi connectivity index (χ3v) is 7.53. The molecule has 1 aliphatic heterocycles. The zero-order valence-electron chi connectivity index (χ0n) is 18.5. The summed E-state index contributed by atoms with van der Waals surface area (Å²) in [6.07, 6.45) is 0.0665. The maximum atomic E-state index is 13.3. The highest BCUT2D eigenvalue weighted by Crippen LogP contribution is 2.20. The Morgan fingerprint density at radius 1 is 0.970 bits per heavy atom. The van der Waals surface area contributed by atoms with Gasteiger partial charge in [0, 0.05) is 37.7 Å². The molecule has 3 rings (SSSR count). The van der Waals surface area contributed by atoms with E-state index in [-0.39, 0.29) is 30.5 Å². The van der Waals surface area contributed by atoms with E-state index in [9.17, 15) is 18.0 Å². The first-order chi connectivity index (χ1) is 15.8. The second-order valence-corrected chi connectivity index (χ2v) is 9.97. The molecule has 10 heteroatoms. The summed E-state index contributed by atoms with van der Waals surface area (Å²) in [7, 11) is -3.91. The van der Waals surface area contributed by atoms with E-state index >= 15 is 0 Å². The first-order valence-corrected chi connectivity index (χ1v) is 12.6. The highest BCUT2D eigenvalue weighted by molar-refractivity contribution is 7.89. The Hall–Kier alpha value is -2.62. The van der Waals surface area contributed by atoms with Crippen LogP contribution in [0.3, 0.4) is 0 Å². The van der Waals surface area contributed by atoms with Gasteiger partial charge in [0.05, 0.1) is 18.0 Å². The highest BCUT2D eigenvalue weighted by Gasteiger charge is 2.30. The van der Waals surface area contributed by atoms with E-state index in [4.69, 9.17) is 16.3 Å². The summed E-state index contributed by atoms with van der Waals surface area (Å²) in [5.74, 6) is -0.302. The molecule has 0 radical (unpaired) electrons. The fourth-order valence-electron chi connectivity index (χ4n) is 3.54. The molecule has 0 spiro atoms. The number of sulfonamides is 1. The number of carbonyl (C=O) groups is 2. The Balaban J connectivity index is 1.71. The zero-order valence-corrected chi connectivity index (χ0v) is 20.1. The number of ether oxygens (including phenoxy) is 1. The fraction of sp³-hybridized carbons (Fsp3) is 0.391. The molecular weight excluding hydrogens is 466 g/mol. The molecule has 0 atom stereocenters. The van der Waals surface area contributed by atoms with Crippen LogP contribution in [-0.2, 0) is 26.0 Å². The van der Waals surface area contributed by atoms with Crippen molar-refractivity contribution < 1.29 is 22.7 Å². The van der Waals surface area contributed by atoms with Gasteiger partial charge in [-0.25, -0.2) is 13.2 Å². The monoisotopic (exact) mass is 493 g/mol. The minimum Gasteiger partial charge on any atom is -0.450 e. The van der Waals surface area contributed by atoms with E-state index in [1.807, 2.05) is 30.3 Å². The molecule has 1 aliphatic rings. The van der Waals surface area contributed by atoms with Crippen molar-refractivity contribution in [2.75, 3.05) is 45.9 Å². The van der Waals surface area contributed by atoms with E-state index in [1.165, 1.54) is 28.6 Å². The Bertz CT molecular complexity index is 1040. The lowest BCUT2D eigenvalue weighted by Gasteiger charge is -2.35. The minimum atomic E-state index is -3.91. The molecule has 2 aromatic rings. The van der Waals surface area contributed by atoms with E-state index in [0.29, 0.717) is 37.6 Å². The quantitative estimate of drug-likeness (QED) is 0.564. The second kappa shape index (κ2) is 11.5. The molecular formula is C23H28ClN3O5S. The number of nitrogens with zero attached hydrogens (tertiary/aromatic N) is 3. The Labute approximate surface area is 199 Å². The van der Waals surface area contributed by atoms with Crippen LogP contribution >= 0.6 is 11.6 Å². The summed E-state index contributed by atoms with van der Waals surface area (Å²) in [5.41, 5.74) is 0.976. The summed E-state index contributed by atoms with van der Waals surface area (Å²) >= 11 is 5.92. The van der Waals surface area contributed by atoms with Crippen LogP contribution in [0.2, 0.25) is 5.02 Å². The number of hydrogen-bond acceptors (Lipinski definition) is 5. The zero-order chi connectivity index (χ0) is 23.8.